The number of ether oxygens (including phenoxy) is 1. The molecule has 31 heavy (non-hydrogen) atoms. The highest BCUT2D eigenvalue weighted by Crippen LogP contribution is 2.35. The van der Waals surface area contributed by atoms with Gasteiger partial charge in [-0.05, 0) is 37.6 Å². The molecule has 0 spiro atoms. The van der Waals surface area contributed by atoms with E-state index >= 15 is 0 Å². The molecule has 0 bridgehead atoms. The second-order valence-electron chi connectivity index (χ2n) is 6.74. The minimum absolute atomic E-state index is 0.0701. The fourth-order valence-corrected chi connectivity index (χ4v) is 4.50. The zero-order valence-electron chi connectivity index (χ0n) is 16.8. The number of benzene rings is 2. The van der Waals surface area contributed by atoms with Gasteiger partial charge in [0.05, 0.1) is 28.2 Å². The highest BCUT2D eigenvalue weighted by Gasteiger charge is 2.26. The number of imidazole rings is 1. The third kappa shape index (κ3) is 4.55. The van der Waals surface area contributed by atoms with Crippen LogP contribution in [0.1, 0.15) is 23.7 Å². The minimum atomic E-state index is -0.659. The van der Waals surface area contributed by atoms with E-state index in [-0.39, 0.29) is 10.6 Å². The van der Waals surface area contributed by atoms with Gasteiger partial charge in [-0.2, -0.15) is 0 Å². The number of hydrogen-bond acceptors (Lipinski definition) is 5. The quantitative estimate of drug-likeness (QED) is 0.353. The van der Waals surface area contributed by atoms with Crippen molar-refractivity contribution in [3.8, 4) is 5.75 Å². The van der Waals surface area contributed by atoms with Crippen LogP contribution in [0.3, 0.4) is 0 Å². The maximum atomic E-state index is 14.5. The highest BCUT2D eigenvalue weighted by atomic mass is 35.5. The lowest BCUT2D eigenvalue weighted by molar-refractivity contribution is 0.0982. The van der Waals surface area contributed by atoms with Crippen LogP contribution in [0.2, 0.25) is 5.02 Å². The van der Waals surface area contributed by atoms with Crippen LogP contribution in [0.25, 0.3) is 10.2 Å². The van der Waals surface area contributed by atoms with Gasteiger partial charge in [0.2, 0.25) is 0 Å². The van der Waals surface area contributed by atoms with Gasteiger partial charge in [-0.3, -0.25) is 9.69 Å². The Morgan fingerprint density at radius 1 is 1.29 bits per heavy atom. The predicted molar refractivity (Wildman–Crippen MR) is 121 cm³/mol. The molecule has 0 N–H and O–H groups in total. The lowest BCUT2D eigenvalue weighted by atomic mass is 10.2. The maximum absolute atomic E-state index is 14.5. The number of halogens is 2. The molecule has 6 nitrogen and oxygen atoms in total. The van der Waals surface area contributed by atoms with Crippen molar-refractivity contribution in [3.63, 3.8) is 0 Å². The summed E-state index contributed by atoms with van der Waals surface area (Å²) in [6.07, 6.45) is 5.89. The number of rotatable bonds is 8. The summed E-state index contributed by atoms with van der Waals surface area (Å²) >= 11 is 7.54. The van der Waals surface area contributed by atoms with Gasteiger partial charge in [-0.15, -0.1) is 0 Å². The van der Waals surface area contributed by atoms with Crippen molar-refractivity contribution in [3.05, 3.63) is 71.5 Å². The third-order valence-electron chi connectivity index (χ3n) is 4.68. The van der Waals surface area contributed by atoms with Gasteiger partial charge in [-0.25, -0.2) is 14.4 Å². The summed E-state index contributed by atoms with van der Waals surface area (Å²) in [4.78, 5) is 23.6. The predicted octanol–water partition coefficient (Wildman–Crippen LogP) is 5.42. The van der Waals surface area contributed by atoms with E-state index in [0.717, 1.165) is 4.70 Å². The Morgan fingerprint density at radius 2 is 2.13 bits per heavy atom. The van der Waals surface area contributed by atoms with Crippen LogP contribution in [0, 0.1) is 5.82 Å². The molecule has 2 aromatic carbocycles. The molecule has 1 amide bonds. The fourth-order valence-electron chi connectivity index (χ4n) is 3.25. The molecule has 0 unspecified atom stereocenters. The van der Waals surface area contributed by atoms with E-state index < -0.39 is 11.7 Å². The standard InChI is InChI=1S/C22H20ClFN4O2S/c1-2-30-17-8-4-9-18-20(17)26-22(31-18)28(12-5-11-27-13-10-25-14-27)21(29)19-15(23)6-3-7-16(19)24/h3-4,6-10,13-14H,2,5,11-12H2,1H3. The average Bonchev–Trinajstić information content (AvgIpc) is 3.41. The average molecular weight is 459 g/mol. The van der Waals surface area contributed by atoms with Crippen molar-refractivity contribution in [2.75, 3.05) is 18.1 Å². The molecule has 0 saturated heterocycles. The Balaban J connectivity index is 1.70. The lowest BCUT2D eigenvalue weighted by Crippen LogP contribution is -2.33. The first-order chi connectivity index (χ1) is 15.1. The van der Waals surface area contributed by atoms with E-state index in [4.69, 9.17) is 16.3 Å². The molecule has 0 aliphatic heterocycles. The Hall–Kier alpha value is -2.97. The van der Waals surface area contributed by atoms with Gasteiger partial charge >= 0.3 is 0 Å². The zero-order valence-corrected chi connectivity index (χ0v) is 18.4. The molecule has 0 aliphatic rings. The molecule has 0 aliphatic carbocycles. The topological polar surface area (TPSA) is 60.2 Å². The molecule has 0 atom stereocenters. The number of para-hydroxylation sites is 1. The van der Waals surface area contributed by atoms with Gasteiger partial charge in [0.1, 0.15) is 17.1 Å². The van der Waals surface area contributed by atoms with Crippen LogP contribution in [0.15, 0.2) is 55.1 Å². The number of anilines is 1. The van der Waals surface area contributed by atoms with Gasteiger partial charge < -0.3 is 9.30 Å². The summed E-state index contributed by atoms with van der Waals surface area (Å²) in [5, 5.41) is 0.540. The summed E-state index contributed by atoms with van der Waals surface area (Å²) in [7, 11) is 0. The number of fused-ring (bicyclic) bond motifs is 1. The Morgan fingerprint density at radius 3 is 2.87 bits per heavy atom. The van der Waals surface area contributed by atoms with E-state index in [1.54, 1.807) is 12.5 Å². The fraction of sp³-hybridized carbons (Fsp3) is 0.227. The second-order valence-corrected chi connectivity index (χ2v) is 8.16. The van der Waals surface area contributed by atoms with Crippen LogP contribution in [-0.2, 0) is 6.54 Å². The third-order valence-corrected chi connectivity index (χ3v) is 6.04. The Labute approximate surface area is 187 Å². The van der Waals surface area contributed by atoms with Crippen molar-refractivity contribution < 1.29 is 13.9 Å². The van der Waals surface area contributed by atoms with Gasteiger partial charge in [-0.1, -0.05) is 35.1 Å². The van der Waals surface area contributed by atoms with Crippen LogP contribution in [0.5, 0.6) is 5.75 Å². The molecule has 9 heteroatoms. The molecule has 4 aromatic rings. The second kappa shape index (κ2) is 9.45. The van der Waals surface area contributed by atoms with Crippen molar-refractivity contribution in [2.24, 2.45) is 0 Å². The number of carbonyl (C=O) groups is 1. The Bertz CT molecular complexity index is 1180. The van der Waals surface area contributed by atoms with Gasteiger partial charge in [0.15, 0.2) is 5.13 Å². The number of nitrogens with zero attached hydrogens (tertiary/aromatic N) is 4. The number of hydrogen-bond donors (Lipinski definition) is 0. The van der Waals surface area contributed by atoms with Crippen LogP contribution in [0.4, 0.5) is 9.52 Å². The monoisotopic (exact) mass is 458 g/mol. The lowest BCUT2D eigenvalue weighted by Gasteiger charge is -2.21. The molecule has 0 saturated carbocycles. The van der Waals surface area contributed by atoms with E-state index in [1.165, 1.54) is 34.4 Å². The molecule has 4 rings (SSSR count). The summed E-state index contributed by atoms with van der Waals surface area (Å²) < 4.78 is 23.0. The molecule has 0 fully saturated rings. The molecule has 2 aromatic heterocycles. The van der Waals surface area contributed by atoms with Crippen LogP contribution in [-0.4, -0.2) is 33.6 Å². The van der Waals surface area contributed by atoms with Gasteiger partial charge in [0.25, 0.3) is 5.91 Å². The molecular formula is C22H20ClFN4O2S. The first-order valence-corrected chi connectivity index (χ1v) is 11.0. The minimum Gasteiger partial charge on any atom is -0.492 e. The maximum Gasteiger partial charge on any atom is 0.264 e. The zero-order chi connectivity index (χ0) is 21.8. The normalized spacial score (nSPS) is 11.1. The number of thiazole rings is 1. The van der Waals surface area contributed by atoms with E-state index in [1.807, 2.05) is 35.9 Å². The molecule has 0 radical (unpaired) electrons. The first-order valence-electron chi connectivity index (χ1n) is 9.82. The summed E-state index contributed by atoms with van der Waals surface area (Å²) in [5.41, 5.74) is 0.521. The van der Waals surface area contributed by atoms with E-state index in [9.17, 15) is 9.18 Å². The smallest absolute Gasteiger partial charge is 0.264 e. The van der Waals surface area contributed by atoms with Crippen LogP contribution >= 0.6 is 22.9 Å². The van der Waals surface area contributed by atoms with E-state index in [2.05, 4.69) is 9.97 Å². The van der Waals surface area contributed by atoms with Crippen LogP contribution < -0.4 is 9.64 Å². The van der Waals surface area contributed by atoms with Crippen molar-refractivity contribution in [2.45, 2.75) is 19.9 Å². The largest absolute Gasteiger partial charge is 0.492 e. The molecular weight excluding hydrogens is 439 g/mol. The van der Waals surface area contributed by atoms with Crippen molar-refractivity contribution >= 4 is 44.2 Å². The summed E-state index contributed by atoms with van der Waals surface area (Å²) in [6.45, 7) is 3.40. The Kier molecular flexibility index (Phi) is 6.48. The summed E-state index contributed by atoms with van der Waals surface area (Å²) in [5.74, 6) is -0.531. The molecule has 160 valence electrons. The number of carbonyl (C=O) groups excluding carboxylic acids is 1. The SMILES string of the molecule is CCOc1cccc2sc(N(CCCn3ccnc3)C(=O)c3c(F)cccc3Cl)nc12. The number of aryl methyl sites for hydroxylation is 1. The van der Waals surface area contributed by atoms with Crippen molar-refractivity contribution in [1.29, 1.82) is 0 Å². The first kappa shape index (κ1) is 21.3. The molecule has 2 heterocycles. The summed E-state index contributed by atoms with van der Waals surface area (Å²) in [6, 6.07) is 9.86. The van der Waals surface area contributed by atoms with Gasteiger partial charge in [0, 0.05) is 25.5 Å². The van der Waals surface area contributed by atoms with E-state index in [0.29, 0.717) is 42.5 Å². The highest BCUT2D eigenvalue weighted by molar-refractivity contribution is 7.22. The number of aromatic nitrogens is 3. The number of amides is 1. The van der Waals surface area contributed by atoms with Crippen molar-refractivity contribution in [1.82, 2.24) is 14.5 Å².